The van der Waals surface area contributed by atoms with E-state index in [-0.39, 0.29) is 50.2 Å². The summed E-state index contributed by atoms with van der Waals surface area (Å²) in [7, 11) is 2.84. The van der Waals surface area contributed by atoms with Crippen LogP contribution in [0.15, 0.2) is 40.1 Å². The van der Waals surface area contributed by atoms with Crippen LogP contribution in [0.1, 0.15) is 42.0 Å². The minimum absolute atomic E-state index is 0.0161. The number of nitrogens with zero attached hydrogens (tertiary/aromatic N) is 1. The number of halogens is 1. The maximum atomic E-state index is 13.6. The molecule has 6 rings (SSSR count). The Hall–Kier alpha value is -5.05. The number of rotatable bonds is 10. The minimum atomic E-state index is -1.11. The highest BCUT2D eigenvalue weighted by Crippen LogP contribution is 2.55. The van der Waals surface area contributed by atoms with Crippen LogP contribution < -0.4 is 35.5 Å². The zero-order valence-corrected chi connectivity index (χ0v) is 25.2. The van der Waals surface area contributed by atoms with E-state index in [1.54, 1.807) is 19.1 Å². The second kappa shape index (κ2) is 12.4. The Morgan fingerprint density at radius 1 is 1.09 bits per heavy atom. The summed E-state index contributed by atoms with van der Waals surface area (Å²) in [5.74, 6) is -2.55. The van der Waals surface area contributed by atoms with E-state index in [4.69, 9.17) is 28.4 Å². The molecule has 3 aromatic rings. The number of hydrogen-bond donors (Lipinski definition) is 3. The second-order valence-electron chi connectivity index (χ2n) is 11.2. The van der Waals surface area contributed by atoms with E-state index in [0.29, 0.717) is 17.1 Å². The number of carbonyl (C=O) groups excluding carboxylic acids is 2. The first kappa shape index (κ1) is 31.0. The highest BCUT2D eigenvalue weighted by molar-refractivity contribution is 5.79. The summed E-state index contributed by atoms with van der Waals surface area (Å²) in [6, 6.07) is 5.58. The van der Waals surface area contributed by atoms with Gasteiger partial charge in [-0.1, -0.05) is 0 Å². The van der Waals surface area contributed by atoms with E-state index >= 15 is 0 Å². The molecular weight excluding hydrogens is 609 g/mol. The van der Waals surface area contributed by atoms with Gasteiger partial charge >= 0.3 is 17.6 Å². The molecule has 46 heavy (non-hydrogen) atoms. The molecule has 1 aromatic heterocycles. The average Bonchev–Trinajstić information content (AvgIpc) is 3.66. The molecule has 0 radical (unpaired) electrons. The lowest BCUT2D eigenvalue weighted by molar-refractivity contribution is -0.146. The Bertz CT molecular complexity index is 1780. The molecule has 2 aliphatic heterocycles. The number of carbonyl (C=O) groups is 2. The number of H-pyrrole nitrogens is 1. The summed E-state index contributed by atoms with van der Waals surface area (Å²) >= 11 is 0. The van der Waals surface area contributed by atoms with Gasteiger partial charge in [0, 0.05) is 24.4 Å². The Morgan fingerprint density at radius 2 is 1.76 bits per heavy atom. The number of cyclic esters (lactones) is 1. The van der Waals surface area contributed by atoms with Crippen molar-refractivity contribution >= 4 is 11.9 Å². The van der Waals surface area contributed by atoms with E-state index in [1.807, 2.05) is 17.1 Å². The van der Waals surface area contributed by atoms with Crippen LogP contribution in [0.25, 0.3) is 0 Å². The van der Waals surface area contributed by atoms with Crippen molar-refractivity contribution in [1.82, 2.24) is 14.9 Å². The van der Waals surface area contributed by atoms with Crippen molar-refractivity contribution in [3.05, 3.63) is 73.8 Å². The number of phenols is 1. The van der Waals surface area contributed by atoms with E-state index < -0.39 is 58.8 Å². The van der Waals surface area contributed by atoms with Gasteiger partial charge in [-0.05, 0) is 54.3 Å². The standard InChI is InChI=1S/C31H32FN3O11/c1-14(29(38)43-6-4-5-35-11-19(32)28(37)34-31(35)40)33-26-17-10-21-20(45-13-46-21)9-16(17)24(25-18(26)12-44-30(25)39)15-7-22(41-2)27(36)23(8-15)42-3/h7-11,14,18,24-26,33,36H,4-6,12-13H2,1-3H3,(H,34,37,40)/t14-,18-,24+,25-,26+/m0/s1. The molecule has 244 valence electrons. The average molecular weight is 642 g/mol. The molecule has 0 unspecified atom stereocenters. The molecule has 14 nitrogen and oxygen atoms in total. The topological polar surface area (TPSA) is 177 Å². The number of ether oxygens (including phenoxy) is 6. The largest absolute Gasteiger partial charge is 0.502 e. The first-order chi connectivity index (χ1) is 22.1. The molecule has 3 aliphatic rings. The first-order valence-corrected chi connectivity index (χ1v) is 14.6. The van der Waals surface area contributed by atoms with Crippen molar-refractivity contribution in [3.63, 3.8) is 0 Å². The number of fused-ring (bicyclic) bond motifs is 3. The van der Waals surface area contributed by atoms with Crippen LogP contribution in [0.2, 0.25) is 0 Å². The second-order valence-corrected chi connectivity index (χ2v) is 11.2. The molecule has 0 spiro atoms. The molecule has 1 aliphatic carbocycles. The molecule has 3 heterocycles. The molecule has 3 N–H and O–H groups in total. The van der Waals surface area contributed by atoms with Gasteiger partial charge in [0.2, 0.25) is 18.4 Å². The van der Waals surface area contributed by atoms with Crippen molar-refractivity contribution in [2.45, 2.75) is 37.9 Å². The van der Waals surface area contributed by atoms with Crippen LogP contribution in [0.5, 0.6) is 28.7 Å². The van der Waals surface area contributed by atoms with Crippen molar-refractivity contribution in [2.24, 2.45) is 11.8 Å². The number of aryl methyl sites for hydroxylation is 1. The zero-order chi connectivity index (χ0) is 32.7. The number of hydrogen-bond acceptors (Lipinski definition) is 12. The van der Waals surface area contributed by atoms with Crippen molar-refractivity contribution < 1.29 is 47.5 Å². The van der Waals surface area contributed by atoms with Crippen LogP contribution in [0.4, 0.5) is 4.39 Å². The molecular formula is C31H32FN3O11. The smallest absolute Gasteiger partial charge is 0.328 e. The Kier molecular flexibility index (Phi) is 8.34. The fourth-order valence-corrected chi connectivity index (χ4v) is 6.39. The molecule has 1 fully saturated rings. The lowest BCUT2D eigenvalue weighted by Crippen LogP contribution is -2.46. The Balaban J connectivity index is 1.27. The summed E-state index contributed by atoms with van der Waals surface area (Å²) in [5, 5.41) is 13.9. The Labute approximate surface area is 260 Å². The number of nitrogens with one attached hydrogen (secondary N) is 2. The highest BCUT2D eigenvalue weighted by Gasteiger charge is 2.53. The van der Waals surface area contributed by atoms with Gasteiger partial charge in [-0.15, -0.1) is 0 Å². The third-order valence-corrected chi connectivity index (χ3v) is 8.59. The van der Waals surface area contributed by atoms with Gasteiger partial charge in [-0.3, -0.25) is 29.3 Å². The summed E-state index contributed by atoms with van der Waals surface area (Å²) in [6.07, 6.45) is 0.992. The lowest BCUT2D eigenvalue weighted by Gasteiger charge is -2.40. The van der Waals surface area contributed by atoms with Crippen LogP contribution in [0.3, 0.4) is 0 Å². The molecule has 0 bridgehead atoms. The number of benzene rings is 2. The third kappa shape index (κ3) is 5.50. The van der Waals surface area contributed by atoms with Gasteiger partial charge in [0.15, 0.2) is 23.0 Å². The number of methoxy groups -OCH3 is 2. The lowest BCUT2D eigenvalue weighted by atomic mass is 9.65. The number of aromatic nitrogens is 2. The van der Waals surface area contributed by atoms with E-state index in [2.05, 4.69) is 5.32 Å². The molecule has 2 aromatic carbocycles. The molecule has 0 amide bonds. The van der Waals surface area contributed by atoms with Crippen LogP contribution in [-0.4, -0.2) is 66.9 Å². The Morgan fingerprint density at radius 3 is 2.43 bits per heavy atom. The van der Waals surface area contributed by atoms with E-state index in [9.17, 15) is 28.7 Å². The van der Waals surface area contributed by atoms with Gasteiger partial charge in [0.05, 0.1) is 39.5 Å². The molecule has 1 saturated heterocycles. The van der Waals surface area contributed by atoms with E-state index in [1.165, 1.54) is 14.2 Å². The maximum Gasteiger partial charge on any atom is 0.328 e. The van der Waals surface area contributed by atoms with Crippen molar-refractivity contribution in [2.75, 3.05) is 34.2 Å². The number of aromatic amines is 1. The fourth-order valence-electron chi connectivity index (χ4n) is 6.39. The third-order valence-electron chi connectivity index (χ3n) is 8.59. The summed E-state index contributed by atoms with van der Waals surface area (Å²) < 4.78 is 47.7. The van der Waals surface area contributed by atoms with Gasteiger partial charge in [-0.25, -0.2) is 4.79 Å². The number of phenolic OH excluding ortho intramolecular Hbond substituents is 1. The van der Waals surface area contributed by atoms with Crippen LogP contribution >= 0.6 is 0 Å². The van der Waals surface area contributed by atoms with E-state index in [0.717, 1.165) is 21.9 Å². The highest BCUT2D eigenvalue weighted by atomic mass is 19.1. The van der Waals surface area contributed by atoms with Gasteiger partial charge < -0.3 is 33.5 Å². The molecule has 5 atom stereocenters. The quantitative estimate of drug-likeness (QED) is 0.216. The SMILES string of the molecule is COc1cc([C@@H]2c3cc4c(cc3[C@@H](N[C@@H](C)C(=O)OCCCn3cc(F)c(=O)[nH]c3=O)[C@H]3COC(=O)[C@H]23)OCO4)cc(OC)c1O. The summed E-state index contributed by atoms with van der Waals surface area (Å²) in [6.45, 7) is 1.69. The van der Waals surface area contributed by atoms with Crippen molar-refractivity contribution in [3.8, 4) is 28.7 Å². The predicted molar refractivity (Wildman–Crippen MR) is 156 cm³/mol. The van der Waals surface area contributed by atoms with Crippen LogP contribution in [0, 0.1) is 17.7 Å². The van der Waals surface area contributed by atoms with Gasteiger partial charge in [-0.2, -0.15) is 4.39 Å². The van der Waals surface area contributed by atoms with Gasteiger partial charge in [0.25, 0.3) is 5.56 Å². The van der Waals surface area contributed by atoms with Gasteiger partial charge in [0.1, 0.15) is 6.04 Å². The molecule has 15 heteroatoms. The summed E-state index contributed by atoms with van der Waals surface area (Å²) in [5.41, 5.74) is 0.267. The summed E-state index contributed by atoms with van der Waals surface area (Å²) in [4.78, 5) is 51.4. The van der Waals surface area contributed by atoms with Crippen molar-refractivity contribution in [1.29, 1.82) is 0 Å². The van der Waals surface area contributed by atoms with Crippen LogP contribution in [-0.2, 0) is 25.6 Å². The predicted octanol–water partition coefficient (Wildman–Crippen LogP) is 1.71. The first-order valence-electron chi connectivity index (χ1n) is 14.6. The zero-order valence-electron chi connectivity index (χ0n) is 25.2. The number of aromatic hydroxyl groups is 1. The monoisotopic (exact) mass is 641 g/mol. The minimum Gasteiger partial charge on any atom is -0.502 e. The number of esters is 2. The fraction of sp³-hybridized carbons (Fsp3) is 0.419. The normalized spacial score (nSPS) is 21.6. The maximum absolute atomic E-state index is 13.6. The molecule has 0 saturated carbocycles.